The molecule has 0 aromatic carbocycles. The normalized spacial score (nSPS) is 11.1. The molecule has 1 unspecified atom stereocenters. The zero-order chi connectivity index (χ0) is 14.3. The zero-order valence-corrected chi connectivity index (χ0v) is 10.6. The molecular weight excluding hydrogens is 244 g/mol. The highest BCUT2D eigenvalue weighted by Crippen LogP contribution is 2.02. The highest BCUT2D eigenvalue weighted by atomic mass is 16.2. The Balaban J connectivity index is 2.74. The number of primary amides is 1. The third kappa shape index (κ3) is 5.19. The predicted octanol–water partition coefficient (Wildman–Crippen LogP) is -0.614. The fraction of sp³-hybridized carbons (Fsp3) is 0.308. The lowest BCUT2D eigenvalue weighted by Crippen LogP contribution is -2.35. The number of nitrogens with one attached hydrogen (secondary N) is 1. The van der Waals surface area contributed by atoms with Crippen molar-refractivity contribution in [2.24, 2.45) is 11.5 Å². The van der Waals surface area contributed by atoms with Gasteiger partial charge in [-0.2, -0.15) is 0 Å². The van der Waals surface area contributed by atoms with E-state index in [1.807, 2.05) is 0 Å². The number of amides is 2. The molecule has 0 saturated heterocycles. The Bertz CT molecular complexity index is 531. The second kappa shape index (κ2) is 7.13. The number of pyridine rings is 1. The maximum atomic E-state index is 11.9. The smallest absolute Gasteiger partial charge is 0.253 e. The van der Waals surface area contributed by atoms with Crippen LogP contribution in [0.15, 0.2) is 18.5 Å². The van der Waals surface area contributed by atoms with Gasteiger partial charge in [0.15, 0.2) is 0 Å². The van der Waals surface area contributed by atoms with Crippen molar-refractivity contribution in [3.8, 4) is 11.8 Å². The van der Waals surface area contributed by atoms with E-state index < -0.39 is 5.91 Å². The largest absolute Gasteiger partial charge is 0.370 e. The first-order chi connectivity index (χ1) is 9.02. The first-order valence-corrected chi connectivity index (χ1v) is 5.76. The van der Waals surface area contributed by atoms with Gasteiger partial charge < -0.3 is 16.8 Å². The van der Waals surface area contributed by atoms with E-state index in [2.05, 4.69) is 22.1 Å². The number of carbonyl (C=O) groups is 2. The van der Waals surface area contributed by atoms with Crippen molar-refractivity contribution in [1.29, 1.82) is 0 Å². The third-order valence-electron chi connectivity index (χ3n) is 2.22. The lowest BCUT2D eigenvalue weighted by Gasteiger charge is -2.11. The van der Waals surface area contributed by atoms with Crippen LogP contribution in [0.25, 0.3) is 0 Å². The summed E-state index contributed by atoms with van der Waals surface area (Å²) >= 11 is 0. The monoisotopic (exact) mass is 260 g/mol. The molecule has 0 fully saturated rings. The molecule has 19 heavy (non-hydrogen) atoms. The Morgan fingerprint density at radius 2 is 2.21 bits per heavy atom. The van der Waals surface area contributed by atoms with E-state index in [0.29, 0.717) is 11.1 Å². The summed E-state index contributed by atoms with van der Waals surface area (Å²) < 4.78 is 0. The van der Waals surface area contributed by atoms with Gasteiger partial charge in [-0.25, -0.2) is 0 Å². The number of rotatable bonds is 4. The molecule has 0 aliphatic carbocycles. The summed E-state index contributed by atoms with van der Waals surface area (Å²) in [4.78, 5) is 26.5. The Labute approximate surface area is 111 Å². The van der Waals surface area contributed by atoms with Crippen molar-refractivity contribution >= 4 is 11.8 Å². The molecule has 6 nitrogen and oxygen atoms in total. The molecular formula is C13H16N4O2. The van der Waals surface area contributed by atoms with Crippen LogP contribution in [-0.4, -0.2) is 29.4 Å². The van der Waals surface area contributed by atoms with Gasteiger partial charge in [0, 0.05) is 30.4 Å². The van der Waals surface area contributed by atoms with Gasteiger partial charge in [-0.05, 0) is 13.0 Å². The highest BCUT2D eigenvalue weighted by Gasteiger charge is 2.12. The van der Waals surface area contributed by atoms with Crippen molar-refractivity contribution in [3.05, 3.63) is 29.6 Å². The van der Waals surface area contributed by atoms with Gasteiger partial charge in [-0.1, -0.05) is 11.8 Å². The van der Waals surface area contributed by atoms with Crippen molar-refractivity contribution in [2.45, 2.75) is 19.4 Å². The highest BCUT2D eigenvalue weighted by molar-refractivity contribution is 5.94. The molecule has 0 bridgehead atoms. The maximum absolute atomic E-state index is 11.9. The first-order valence-electron chi connectivity index (χ1n) is 5.76. The number of aromatic nitrogens is 1. The average molecular weight is 260 g/mol. The molecule has 6 heteroatoms. The third-order valence-corrected chi connectivity index (χ3v) is 2.22. The number of hydrogen-bond acceptors (Lipinski definition) is 4. The number of hydrogen-bond donors (Lipinski definition) is 3. The molecule has 0 saturated carbocycles. The molecule has 1 heterocycles. The summed E-state index contributed by atoms with van der Waals surface area (Å²) in [5.41, 5.74) is 11.3. The van der Waals surface area contributed by atoms with E-state index in [0.717, 1.165) is 0 Å². The average Bonchev–Trinajstić information content (AvgIpc) is 2.35. The zero-order valence-electron chi connectivity index (χ0n) is 10.6. The summed E-state index contributed by atoms with van der Waals surface area (Å²) in [5, 5.41) is 2.66. The maximum Gasteiger partial charge on any atom is 0.253 e. The van der Waals surface area contributed by atoms with Gasteiger partial charge in [0.1, 0.15) is 0 Å². The molecule has 0 spiro atoms. The van der Waals surface area contributed by atoms with Crippen molar-refractivity contribution in [2.75, 3.05) is 6.54 Å². The minimum absolute atomic E-state index is 0.0891. The van der Waals surface area contributed by atoms with Crippen molar-refractivity contribution in [3.63, 3.8) is 0 Å². The van der Waals surface area contributed by atoms with E-state index in [4.69, 9.17) is 11.5 Å². The van der Waals surface area contributed by atoms with Crippen LogP contribution in [0.5, 0.6) is 0 Å². The lowest BCUT2D eigenvalue weighted by molar-refractivity contribution is -0.118. The summed E-state index contributed by atoms with van der Waals surface area (Å²) in [6.45, 7) is 1.94. The summed E-state index contributed by atoms with van der Waals surface area (Å²) in [6.07, 6.45) is 3.07. The Kier molecular flexibility index (Phi) is 5.51. The molecule has 0 radical (unpaired) electrons. The van der Waals surface area contributed by atoms with Gasteiger partial charge in [0.2, 0.25) is 5.91 Å². The summed E-state index contributed by atoms with van der Waals surface area (Å²) in [7, 11) is 0. The van der Waals surface area contributed by atoms with Crippen LogP contribution in [0, 0.1) is 11.8 Å². The topological polar surface area (TPSA) is 111 Å². The van der Waals surface area contributed by atoms with Gasteiger partial charge >= 0.3 is 0 Å². The molecule has 0 aliphatic rings. The van der Waals surface area contributed by atoms with Crippen LogP contribution in [0.3, 0.4) is 0 Å². The number of nitrogens with zero attached hydrogens (tertiary/aromatic N) is 1. The van der Waals surface area contributed by atoms with Crippen molar-refractivity contribution in [1.82, 2.24) is 10.3 Å². The van der Waals surface area contributed by atoms with E-state index in [9.17, 15) is 9.59 Å². The van der Waals surface area contributed by atoms with Crippen LogP contribution in [0.4, 0.5) is 0 Å². The molecule has 0 aliphatic heterocycles. The van der Waals surface area contributed by atoms with Gasteiger partial charge in [-0.3, -0.25) is 14.6 Å². The molecule has 1 aromatic rings. The molecule has 1 aromatic heterocycles. The molecule has 100 valence electrons. The van der Waals surface area contributed by atoms with Gasteiger partial charge in [-0.15, -0.1) is 0 Å². The minimum Gasteiger partial charge on any atom is -0.370 e. The second-order valence-corrected chi connectivity index (χ2v) is 4.01. The SMILES string of the molecule is CC(CC(N)=O)NC(=O)c1cncc(C#CCN)c1. The van der Waals surface area contributed by atoms with Crippen LogP contribution >= 0.6 is 0 Å². The minimum atomic E-state index is -0.464. The summed E-state index contributed by atoms with van der Waals surface area (Å²) in [6, 6.07) is 1.28. The Hall–Kier alpha value is -2.39. The first kappa shape index (κ1) is 14.7. The second-order valence-electron chi connectivity index (χ2n) is 4.01. The van der Waals surface area contributed by atoms with Crippen molar-refractivity contribution < 1.29 is 9.59 Å². The van der Waals surface area contributed by atoms with Gasteiger partial charge in [0.05, 0.1) is 12.1 Å². The van der Waals surface area contributed by atoms with Crippen LogP contribution < -0.4 is 16.8 Å². The predicted molar refractivity (Wildman–Crippen MR) is 70.9 cm³/mol. The van der Waals surface area contributed by atoms with Crippen LogP contribution in [0.1, 0.15) is 29.3 Å². The lowest BCUT2D eigenvalue weighted by atomic mass is 10.1. The standard InChI is InChI=1S/C13H16N4O2/c1-9(5-12(15)18)17-13(19)11-6-10(3-2-4-14)7-16-8-11/h6-9H,4-5,14H2,1H3,(H2,15,18)(H,17,19). The molecule has 2 amide bonds. The van der Waals surface area contributed by atoms with E-state index in [1.165, 1.54) is 6.20 Å². The molecule has 5 N–H and O–H groups in total. The summed E-state index contributed by atoms with van der Waals surface area (Å²) in [5.74, 6) is 4.69. The number of nitrogens with two attached hydrogens (primary N) is 2. The van der Waals surface area contributed by atoms with E-state index >= 15 is 0 Å². The van der Waals surface area contributed by atoms with E-state index in [1.54, 1.807) is 19.2 Å². The fourth-order valence-electron chi connectivity index (χ4n) is 1.45. The number of carbonyl (C=O) groups excluding carboxylic acids is 2. The van der Waals surface area contributed by atoms with Crippen LogP contribution in [0.2, 0.25) is 0 Å². The quantitative estimate of drug-likeness (QED) is 0.627. The Morgan fingerprint density at radius 3 is 2.84 bits per heavy atom. The van der Waals surface area contributed by atoms with E-state index in [-0.39, 0.29) is 24.9 Å². The fourth-order valence-corrected chi connectivity index (χ4v) is 1.45. The Morgan fingerprint density at radius 1 is 1.47 bits per heavy atom. The molecule has 1 rings (SSSR count). The van der Waals surface area contributed by atoms with Gasteiger partial charge in [0.25, 0.3) is 5.91 Å². The molecule has 1 atom stereocenters. The van der Waals surface area contributed by atoms with Crippen LogP contribution in [-0.2, 0) is 4.79 Å².